The minimum absolute atomic E-state index is 0.553. The number of nitrogens with zero attached hydrogens (tertiary/aromatic N) is 1. The third kappa shape index (κ3) is 2.78. The van der Waals surface area contributed by atoms with E-state index in [-0.39, 0.29) is 0 Å². The number of imidazole rings is 1. The lowest BCUT2D eigenvalue weighted by molar-refractivity contribution is -0.137. The van der Waals surface area contributed by atoms with Crippen LogP contribution in [0.4, 0.5) is 13.2 Å². The van der Waals surface area contributed by atoms with E-state index in [4.69, 9.17) is 17.0 Å². The van der Waals surface area contributed by atoms with Crippen LogP contribution in [0.25, 0.3) is 33.5 Å². The van der Waals surface area contributed by atoms with Gasteiger partial charge < -0.3 is 19.3 Å². The number of fused-ring (bicyclic) bond motifs is 5. The van der Waals surface area contributed by atoms with Crippen molar-refractivity contribution in [2.24, 2.45) is 0 Å². The molecule has 1 aliphatic heterocycles. The highest BCUT2D eigenvalue weighted by molar-refractivity contribution is 7.71. The molecule has 148 valence electrons. The summed E-state index contributed by atoms with van der Waals surface area (Å²) >= 11 is 5.49. The molecule has 29 heavy (non-hydrogen) atoms. The molecule has 0 radical (unpaired) electrons. The van der Waals surface area contributed by atoms with E-state index in [9.17, 15) is 13.2 Å². The Morgan fingerprint density at radius 1 is 1.03 bits per heavy atom. The van der Waals surface area contributed by atoms with E-state index >= 15 is 0 Å². The summed E-state index contributed by atoms with van der Waals surface area (Å²) < 4.78 is 46.7. The van der Waals surface area contributed by atoms with Gasteiger partial charge in [0.1, 0.15) is 5.75 Å². The number of nitrogens with one attached hydrogen (secondary N) is 2. The lowest BCUT2D eigenvalue weighted by atomic mass is 9.99. The van der Waals surface area contributed by atoms with E-state index in [2.05, 4.69) is 9.97 Å². The molecule has 0 aliphatic carbocycles. The summed E-state index contributed by atoms with van der Waals surface area (Å²) in [5.74, 6) is 0.777. The van der Waals surface area contributed by atoms with Crippen LogP contribution in [-0.4, -0.2) is 21.6 Å². The molecule has 3 heterocycles. The fraction of sp³-hybridized carbons (Fsp3) is 0.190. The molecule has 0 atom stereocenters. The van der Waals surface area contributed by atoms with Gasteiger partial charge in [0, 0.05) is 23.0 Å². The van der Waals surface area contributed by atoms with Crippen LogP contribution in [0.15, 0.2) is 42.5 Å². The minimum Gasteiger partial charge on any atom is -0.497 e. The molecular weight excluding hydrogens is 399 g/mol. The second-order valence-electron chi connectivity index (χ2n) is 7.02. The molecule has 0 amide bonds. The predicted molar refractivity (Wildman–Crippen MR) is 108 cm³/mol. The van der Waals surface area contributed by atoms with Crippen LogP contribution < -0.4 is 4.74 Å². The van der Waals surface area contributed by atoms with E-state index in [0.717, 1.165) is 52.2 Å². The molecule has 2 aromatic carbocycles. The summed E-state index contributed by atoms with van der Waals surface area (Å²) in [6, 6.07) is 11.0. The second kappa shape index (κ2) is 6.25. The number of halogens is 3. The van der Waals surface area contributed by atoms with Crippen molar-refractivity contribution < 1.29 is 17.9 Å². The first-order chi connectivity index (χ1) is 13.9. The molecule has 0 unspecified atom stereocenters. The number of ether oxygens (including phenoxy) is 1. The molecule has 0 bridgehead atoms. The Bertz CT molecular complexity index is 1300. The number of hydrogen-bond acceptors (Lipinski definition) is 2. The summed E-state index contributed by atoms with van der Waals surface area (Å²) in [5, 5.41) is 1.08. The molecule has 2 aromatic heterocycles. The standard InChI is InChI=1S/C21H16F3N3OS/c1-28-13-6-7-16-15(10-13)14-8-9-27-19(18(14)25-16)17(26-20(27)29)11-2-4-12(5-3-11)21(22,23)24/h2-7,10,25H,8-9H2,1H3,(H,26,29). The number of alkyl halides is 3. The van der Waals surface area contributed by atoms with Crippen molar-refractivity contribution in [3.05, 3.63) is 58.4 Å². The fourth-order valence-corrected chi connectivity index (χ4v) is 4.30. The predicted octanol–water partition coefficient (Wildman–Crippen LogP) is 5.94. The van der Waals surface area contributed by atoms with Crippen molar-refractivity contribution in [3.63, 3.8) is 0 Å². The number of rotatable bonds is 2. The van der Waals surface area contributed by atoms with E-state index < -0.39 is 11.7 Å². The highest BCUT2D eigenvalue weighted by atomic mass is 32.1. The average molecular weight is 415 g/mol. The van der Waals surface area contributed by atoms with Crippen molar-refractivity contribution in [3.8, 4) is 28.4 Å². The Morgan fingerprint density at radius 2 is 1.79 bits per heavy atom. The van der Waals surface area contributed by atoms with Crippen molar-refractivity contribution in [2.45, 2.75) is 19.1 Å². The molecule has 2 N–H and O–H groups in total. The van der Waals surface area contributed by atoms with Crippen LogP contribution in [0.1, 0.15) is 11.1 Å². The average Bonchev–Trinajstić information content (AvgIpc) is 3.24. The maximum atomic E-state index is 12.9. The van der Waals surface area contributed by atoms with Gasteiger partial charge >= 0.3 is 6.18 Å². The summed E-state index contributed by atoms with van der Waals surface area (Å²) in [7, 11) is 1.63. The maximum Gasteiger partial charge on any atom is 0.416 e. The summed E-state index contributed by atoms with van der Waals surface area (Å²) in [6.45, 7) is 0.697. The van der Waals surface area contributed by atoms with Crippen molar-refractivity contribution >= 4 is 23.1 Å². The zero-order valence-corrected chi connectivity index (χ0v) is 16.2. The van der Waals surface area contributed by atoms with Gasteiger partial charge in [-0.1, -0.05) is 12.1 Å². The number of H-pyrrole nitrogens is 2. The molecule has 4 aromatic rings. The highest BCUT2D eigenvalue weighted by Gasteiger charge is 2.31. The lowest BCUT2D eigenvalue weighted by Crippen LogP contribution is -2.10. The number of aromatic amines is 2. The molecule has 8 heteroatoms. The molecule has 0 saturated heterocycles. The first kappa shape index (κ1) is 18.1. The fourth-order valence-electron chi connectivity index (χ4n) is 4.02. The number of methoxy groups -OCH3 is 1. The Labute approximate surface area is 168 Å². The van der Waals surface area contributed by atoms with Crippen LogP contribution >= 0.6 is 12.2 Å². The highest BCUT2D eigenvalue weighted by Crippen LogP contribution is 2.41. The van der Waals surface area contributed by atoms with E-state index in [1.165, 1.54) is 12.1 Å². The zero-order chi connectivity index (χ0) is 20.3. The van der Waals surface area contributed by atoms with Gasteiger partial charge in [0.25, 0.3) is 0 Å². The second-order valence-corrected chi connectivity index (χ2v) is 7.41. The molecule has 4 nitrogen and oxygen atoms in total. The van der Waals surface area contributed by atoms with Gasteiger partial charge in [0.05, 0.1) is 29.8 Å². The van der Waals surface area contributed by atoms with Gasteiger partial charge in [0.15, 0.2) is 4.77 Å². The summed E-state index contributed by atoms with van der Waals surface area (Å²) in [4.78, 5) is 6.65. The molecule has 5 rings (SSSR count). The van der Waals surface area contributed by atoms with Crippen LogP contribution in [-0.2, 0) is 19.1 Å². The summed E-state index contributed by atoms with van der Waals surface area (Å²) in [5.41, 5.74) is 4.63. The maximum absolute atomic E-state index is 12.9. The Morgan fingerprint density at radius 3 is 2.48 bits per heavy atom. The molecule has 1 aliphatic rings. The monoisotopic (exact) mass is 415 g/mol. The molecule has 0 saturated carbocycles. The largest absolute Gasteiger partial charge is 0.497 e. The zero-order valence-electron chi connectivity index (χ0n) is 15.4. The van der Waals surface area contributed by atoms with Gasteiger partial charge in [-0.25, -0.2) is 0 Å². The van der Waals surface area contributed by atoms with Crippen LogP contribution in [0.3, 0.4) is 0 Å². The molecular formula is C21H16F3N3OS. The topological polar surface area (TPSA) is 45.7 Å². The smallest absolute Gasteiger partial charge is 0.416 e. The normalized spacial score (nSPS) is 13.4. The van der Waals surface area contributed by atoms with Crippen molar-refractivity contribution in [1.82, 2.24) is 14.5 Å². The number of aromatic nitrogens is 3. The van der Waals surface area contributed by atoms with E-state index in [0.29, 0.717) is 22.6 Å². The number of benzene rings is 2. The number of aryl methyl sites for hydroxylation is 1. The van der Waals surface area contributed by atoms with Gasteiger partial charge in [0.2, 0.25) is 0 Å². The third-order valence-electron chi connectivity index (χ3n) is 5.42. The van der Waals surface area contributed by atoms with Crippen molar-refractivity contribution in [1.29, 1.82) is 0 Å². The van der Waals surface area contributed by atoms with E-state index in [1.54, 1.807) is 7.11 Å². The quantitative estimate of drug-likeness (QED) is 0.398. The Kier molecular flexibility index (Phi) is 3.89. The lowest BCUT2D eigenvalue weighted by Gasteiger charge is -2.17. The SMILES string of the molecule is COc1ccc2[nH]c3c(c2c1)CCn1c-3c(-c2ccc(C(F)(F)F)cc2)[nH]c1=S. The summed E-state index contributed by atoms with van der Waals surface area (Å²) in [6.07, 6.45) is -3.57. The van der Waals surface area contributed by atoms with E-state index in [1.807, 2.05) is 22.8 Å². The first-order valence-electron chi connectivity index (χ1n) is 9.06. The minimum atomic E-state index is -4.37. The third-order valence-corrected chi connectivity index (χ3v) is 5.74. The van der Waals surface area contributed by atoms with Gasteiger partial charge in [-0.05, 0) is 54.5 Å². The van der Waals surface area contributed by atoms with Crippen molar-refractivity contribution in [2.75, 3.05) is 7.11 Å². The Hall–Kier alpha value is -3.00. The van der Waals surface area contributed by atoms with Gasteiger partial charge in [-0.2, -0.15) is 13.2 Å². The number of hydrogen-bond donors (Lipinski definition) is 2. The van der Waals surface area contributed by atoms with Gasteiger partial charge in [-0.15, -0.1) is 0 Å². The van der Waals surface area contributed by atoms with Crippen LogP contribution in [0.5, 0.6) is 5.75 Å². The molecule has 0 fully saturated rings. The Balaban J connectivity index is 1.71. The van der Waals surface area contributed by atoms with Crippen LogP contribution in [0, 0.1) is 4.77 Å². The van der Waals surface area contributed by atoms with Crippen LogP contribution in [0.2, 0.25) is 0 Å². The first-order valence-corrected chi connectivity index (χ1v) is 9.47. The van der Waals surface area contributed by atoms with Gasteiger partial charge in [-0.3, -0.25) is 0 Å². The molecule has 0 spiro atoms.